The average molecular weight is 492 g/mol. The van der Waals surface area contributed by atoms with Gasteiger partial charge >= 0.3 is 6.09 Å². The lowest BCUT2D eigenvalue weighted by molar-refractivity contribution is 0.0635. The topological polar surface area (TPSA) is 80.3 Å². The van der Waals surface area contributed by atoms with Crippen molar-refractivity contribution < 1.29 is 18.7 Å². The number of pyridine rings is 1. The Morgan fingerprint density at radius 3 is 2.54 bits per heavy atom. The van der Waals surface area contributed by atoms with Crippen LogP contribution in [0, 0.1) is 9.39 Å². The van der Waals surface area contributed by atoms with Crippen molar-refractivity contribution in [2.75, 3.05) is 10.6 Å². The summed E-state index contributed by atoms with van der Waals surface area (Å²) in [6.45, 7) is 5.20. The molecule has 6 nitrogen and oxygen atoms in total. The summed E-state index contributed by atoms with van der Waals surface area (Å²) in [5.74, 6) is -1.53. The van der Waals surface area contributed by atoms with Gasteiger partial charge in [0.1, 0.15) is 5.60 Å². The lowest BCUT2D eigenvalue weighted by Crippen LogP contribution is -2.27. The number of amides is 2. The van der Waals surface area contributed by atoms with Crippen LogP contribution < -0.4 is 10.6 Å². The first-order valence-electron chi connectivity index (χ1n) is 7.47. The second kappa shape index (κ2) is 8.17. The molecular weight excluding hydrogens is 476 g/mol. The van der Waals surface area contributed by atoms with Crippen LogP contribution in [-0.4, -0.2) is 22.6 Å². The molecule has 2 aromatic rings. The zero-order chi connectivity index (χ0) is 19.5. The van der Waals surface area contributed by atoms with Crippen molar-refractivity contribution in [1.29, 1.82) is 0 Å². The van der Waals surface area contributed by atoms with Crippen LogP contribution in [0.3, 0.4) is 0 Å². The van der Waals surface area contributed by atoms with Crippen LogP contribution in [0.4, 0.5) is 20.7 Å². The number of ether oxygens (including phenoxy) is 1. The van der Waals surface area contributed by atoms with Crippen molar-refractivity contribution in [1.82, 2.24) is 4.98 Å². The van der Waals surface area contributed by atoms with Crippen LogP contribution in [0.15, 0.2) is 30.5 Å². The molecule has 1 aromatic carbocycles. The van der Waals surface area contributed by atoms with Crippen molar-refractivity contribution in [2.45, 2.75) is 26.4 Å². The van der Waals surface area contributed by atoms with Crippen molar-refractivity contribution in [3.63, 3.8) is 0 Å². The van der Waals surface area contributed by atoms with Crippen LogP contribution in [-0.2, 0) is 4.74 Å². The van der Waals surface area contributed by atoms with E-state index < -0.39 is 23.4 Å². The van der Waals surface area contributed by atoms with E-state index in [1.54, 1.807) is 20.8 Å². The summed E-state index contributed by atoms with van der Waals surface area (Å²) in [7, 11) is 0. The van der Waals surface area contributed by atoms with E-state index in [-0.39, 0.29) is 16.4 Å². The Bertz CT molecular complexity index is 856. The SMILES string of the molecule is CC(C)(C)OC(=O)Nc1ccc(Cl)c(C(=O)Nc2ncc(I)cc2F)c1. The lowest BCUT2D eigenvalue weighted by Gasteiger charge is -2.19. The van der Waals surface area contributed by atoms with Crippen LogP contribution in [0.5, 0.6) is 0 Å². The van der Waals surface area contributed by atoms with Crippen LogP contribution in [0.2, 0.25) is 5.02 Å². The number of benzene rings is 1. The van der Waals surface area contributed by atoms with Gasteiger partial charge in [0.2, 0.25) is 0 Å². The summed E-state index contributed by atoms with van der Waals surface area (Å²) >= 11 is 7.95. The molecule has 0 aliphatic rings. The van der Waals surface area contributed by atoms with Gasteiger partial charge in [-0.3, -0.25) is 10.1 Å². The Labute approximate surface area is 168 Å². The molecule has 2 rings (SSSR count). The fraction of sp³-hybridized carbons (Fsp3) is 0.235. The highest BCUT2D eigenvalue weighted by molar-refractivity contribution is 14.1. The van der Waals surface area contributed by atoms with Crippen LogP contribution in [0.1, 0.15) is 31.1 Å². The predicted molar refractivity (Wildman–Crippen MR) is 106 cm³/mol. The Kier molecular flexibility index (Phi) is 6.40. The molecule has 0 atom stereocenters. The van der Waals surface area contributed by atoms with E-state index in [9.17, 15) is 14.0 Å². The van der Waals surface area contributed by atoms with E-state index in [0.29, 0.717) is 9.26 Å². The number of hydrogen-bond acceptors (Lipinski definition) is 4. The maximum absolute atomic E-state index is 13.8. The molecule has 0 radical (unpaired) electrons. The third-order valence-corrected chi connectivity index (χ3v) is 3.82. The van der Waals surface area contributed by atoms with Gasteiger partial charge in [-0.2, -0.15) is 0 Å². The number of hydrogen-bond donors (Lipinski definition) is 2. The van der Waals surface area contributed by atoms with Crippen molar-refractivity contribution in [3.8, 4) is 0 Å². The molecule has 26 heavy (non-hydrogen) atoms. The summed E-state index contributed by atoms with van der Waals surface area (Å²) in [4.78, 5) is 28.1. The zero-order valence-electron chi connectivity index (χ0n) is 14.2. The second-order valence-electron chi connectivity index (χ2n) is 6.26. The number of rotatable bonds is 3. The molecule has 1 aromatic heterocycles. The largest absolute Gasteiger partial charge is 0.444 e. The van der Waals surface area contributed by atoms with Gasteiger partial charge in [0.25, 0.3) is 5.91 Å². The molecule has 2 N–H and O–H groups in total. The predicted octanol–water partition coefficient (Wildman–Crippen LogP) is 5.08. The van der Waals surface area contributed by atoms with Crippen LogP contribution >= 0.6 is 34.2 Å². The van der Waals surface area contributed by atoms with Gasteiger partial charge in [-0.15, -0.1) is 0 Å². The molecule has 0 spiro atoms. The quantitative estimate of drug-likeness (QED) is 0.587. The third-order valence-electron chi connectivity index (χ3n) is 2.90. The average Bonchev–Trinajstić information content (AvgIpc) is 2.50. The molecule has 0 saturated carbocycles. The summed E-state index contributed by atoms with van der Waals surface area (Å²) in [5, 5.41) is 5.01. The Morgan fingerprint density at radius 2 is 1.92 bits per heavy atom. The molecule has 0 saturated heterocycles. The fourth-order valence-electron chi connectivity index (χ4n) is 1.88. The van der Waals surface area contributed by atoms with E-state index in [1.165, 1.54) is 30.5 Å². The number of nitrogens with one attached hydrogen (secondary N) is 2. The standard InChI is InChI=1S/C17H16ClFIN3O3/c1-17(2,3)26-16(25)22-10-4-5-12(18)11(7-10)15(24)23-14-13(19)6-9(20)8-21-14/h4-8H,1-3H3,(H,22,25)(H,21,23,24). The maximum Gasteiger partial charge on any atom is 0.412 e. The summed E-state index contributed by atoms with van der Waals surface area (Å²) in [6, 6.07) is 5.57. The van der Waals surface area contributed by atoms with E-state index >= 15 is 0 Å². The number of halogens is 3. The van der Waals surface area contributed by atoms with Crippen molar-refractivity contribution >= 4 is 57.7 Å². The number of anilines is 2. The first-order chi connectivity index (χ1) is 12.0. The highest BCUT2D eigenvalue weighted by Gasteiger charge is 2.18. The van der Waals surface area contributed by atoms with E-state index in [2.05, 4.69) is 15.6 Å². The normalized spacial score (nSPS) is 11.0. The summed E-state index contributed by atoms with van der Waals surface area (Å²) < 4.78 is 19.6. The molecule has 0 aliphatic heterocycles. The molecule has 0 unspecified atom stereocenters. The van der Waals surface area contributed by atoms with Gasteiger partial charge in [0.05, 0.1) is 10.6 Å². The molecule has 0 fully saturated rings. The number of carbonyl (C=O) groups is 2. The highest BCUT2D eigenvalue weighted by Crippen LogP contribution is 2.23. The minimum atomic E-state index is -0.670. The Balaban J connectivity index is 2.18. The fourth-order valence-corrected chi connectivity index (χ4v) is 2.50. The van der Waals surface area contributed by atoms with E-state index in [1.807, 2.05) is 22.6 Å². The minimum Gasteiger partial charge on any atom is -0.444 e. The van der Waals surface area contributed by atoms with Gasteiger partial charge < -0.3 is 10.1 Å². The Morgan fingerprint density at radius 1 is 1.23 bits per heavy atom. The first kappa shape index (κ1) is 20.4. The highest BCUT2D eigenvalue weighted by atomic mass is 127. The van der Waals surface area contributed by atoms with Gasteiger partial charge in [-0.1, -0.05) is 11.6 Å². The zero-order valence-corrected chi connectivity index (χ0v) is 17.1. The maximum atomic E-state index is 13.8. The first-order valence-corrected chi connectivity index (χ1v) is 8.93. The number of nitrogens with zero attached hydrogens (tertiary/aromatic N) is 1. The van der Waals surface area contributed by atoms with E-state index in [4.69, 9.17) is 16.3 Å². The molecule has 138 valence electrons. The molecule has 1 heterocycles. The molecule has 9 heteroatoms. The van der Waals surface area contributed by atoms with Crippen molar-refractivity contribution in [3.05, 3.63) is 50.4 Å². The second-order valence-corrected chi connectivity index (χ2v) is 7.91. The molecule has 0 aliphatic carbocycles. The monoisotopic (exact) mass is 491 g/mol. The van der Waals surface area contributed by atoms with E-state index in [0.717, 1.165) is 0 Å². The van der Waals surface area contributed by atoms with Crippen LogP contribution in [0.25, 0.3) is 0 Å². The molecular formula is C17H16ClFIN3O3. The third kappa shape index (κ3) is 5.80. The number of carbonyl (C=O) groups excluding carboxylic acids is 2. The smallest absolute Gasteiger partial charge is 0.412 e. The van der Waals surface area contributed by atoms with Crippen molar-refractivity contribution in [2.24, 2.45) is 0 Å². The number of aromatic nitrogens is 1. The minimum absolute atomic E-state index is 0.0555. The van der Waals surface area contributed by atoms with Gasteiger partial charge in [-0.25, -0.2) is 14.2 Å². The Hall–Kier alpha value is -1.94. The molecule has 0 bridgehead atoms. The summed E-state index contributed by atoms with van der Waals surface area (Å²) in [5.41, 5.74) is -0.296. The van der Waals surface area contributed by atoms with Gasteiger partial charge in [-0.05, 0) is 67.6 Å². The lowest BCUT2D eigenvalue weighted by atomic mass is 10.2. The van der Waals surface area contributed by atoms with Gasteiger partial charge in [0, 0.05) is 15.5 Å². The summed E-state index contributed by atoms with van der Waals surface area (Å²) in [6.07, 6.45) is 0.748. The van der Waals surface area contributed by atoms with Gasteiger partial charge in [0.15, 0.2) is 11.6 Å². The molecule has 2 amide bonds.